The van der Waals surface area contributed by atoms with Gasteiger partial charge in [0.25, 0.3) is 10.5 Å². The zero-order valence-corrected chi connectivity index (χ0v) is 10.8. The summed E-state index contributed by atoms with van der Waals surface area (Å²) in [5.74, 6) is 0. The molecule has 0 saturated carbocycles. The Morgan fingerprint density at radius 2 is 1.62 bits per heavy atom. The number of halogens is 2. The van der Waals surface area contributed by atoms with Gasteiger partial charge in [-0.2, -0.15) is 0 Å². The van der Waals surface area contributed by atoms with Crippen molar-refractivity contribution in [2.45, 2.75) is 26.2 Å². The standard InChI is InChI=1S/C12H12Cl2O2/c1-12(2,3)8-6-4-5-7(10(13)15)9(8)11(14)16/h4-6H,1-3H3. The van der Waals surface area contributed by atoms with E-state index in [1.54, 1.807) is 12.1 Å². The van der Waals surface area contributed by atoms with Gasteiger partial charge in [0.1, 0.15) is 0 Å². The second-order valence-corrected chi connectivity index (χ2v) is 5.21. The second kappa shape index (κ2) is 4.56. The molecule has 0 amide bonds. The average molecular weight is 259 g/mol. The maximum absolute atomic E-state index is 11.4. The molecular formula is C12H12Cl2O2. The van der Waals surface area contributed by atoms with Crippen molar-refractivity contribution in [3.8, 4) is 0 Å². The summed E-state index contributed by atoms with van der Waals surface area (Å²) < 4.78 is 0. The third-order valence-corrected chi connectivity index (χ3v) is 2.67. The molecule has 0 fully saturated rings. The van der Waals surface area contributed by atoms with E-state index in [0.29, 0.717) is 0 Å². The Morgan fingerprint density at radius 3 is 2.00 bits per heavy atom. The van der Waals surface area contributed by atoms with Gasteiger partial charge in [0.05, 0.1) is 0 Å². The molecule has 0 N–H and O–H groups in total. The molecule has 0 aromatic heterocycles. The topological polar surface area (TPSA) is 34.1 Å². The SMILES string of the molecule is CC(C)(C)c1cccc(C(=O)Cl)c1C(=O)Cl. The van der Waals surface area contributed by atoms with Crippen molar-refractivity contribution in [2.75, 3.05) is 0 Å². The second-order valence-electron chi connectivity index (χ2n) is 4.53. The van der Waals surface area contributed by atoms with E-state index in [-0.39, 0.29) is 16.5 Å². The van der Waals surface area contributed by atoms with Crippen molar-refractivity contribution >= 4 is 33.7 Å². The normalized spacial score (nSPS) is 11.3. The highest BCUT2D eigenvalue weighted by atomic mass is 35.5. The fourth-order valence-electron chi connectivity index (χ4n) is 1.55. The minimum atomic E-state index is -0.671. The number of rotatable bonds is 2. The van der Waals surface area contributed by atoms with Gasteiger partial charge >= 0.3 is 0 Å². The molecule has 1 aromatic rings. The molecule has 1 rings (SSSR count). The van der Waals surface area contributed by atoms with Crippen molar-refractivity contribution in [3.63, 3.8) is 0 Å². The van der Waals surface area contributed by atoms with E-state index >= 15 is 0 Å². The molecule has 2 nitrogen and oxygen atoms in total. The van der Waals surface area contributed by atoms with Crippen LogP contribution in [0.1, 0.15) is 47.1 Å². The fourth-order valence-corrected chi connectivity index (χ4v) is 1.91. The highest BCUT2D eigenvalue weighted by molar-refractivity contribution is 6.72. The van der Waals surface area contributed by atoms with Crippen LogP contribution in [0.3, 0.4) is 0 Å². The lowest BCUT2D eigenvalue weighted by Gasteiger charge is -2.22. The van der Waals surface area contributed by atoms with Crippen LogP contribution in [0.2, 0.25) is 0 Å². The van der Waals surface area contributed by atoms with Crippen LogP contribution in [-0.2, 0) is 5.41 Å². The average Bonchev–Trinajstić information content (AvgIpc) is 2.14. The Hall–Kier alpha value is -0.860. The molecule has 0 radical (unpaired) electrons. The maximum atomic E-state index is 11.4. The summed E-state index contributed by atoms with van der Waals surface area (Å²) in [5, 5.41) is -1.33. The first kappa shape index (κ1) is 13.2. The van der Waals surface area contributed by atoms with Crippen LogP contribution >= 0.6 is 23.2 Å². The lowest BCUT2D eigenvalue weighted by atomic mass is 9.82. The van der Waals surface area contributed by atoms with Crippen molar-refractivity contribution < 1.29 is 9.59 Å². The summed E-state index contributed by atoms with van der Waals surface area (Å²) in [6, 6.07) is 4.97. The van der Waals surface area contributed by atoms with E-state index < -0.39 is 10.5 Å². The molecule has 0 saturated heterocycles. The molecule has 0 bridgehead atoms. The summed E-state index contributed by atoms with van der Waals surface area (Å²) >= 11 is 10.9. The van der Waals surface area contributed by atoms with Gasteiger partial charge in [-0.3, -0.25) is 9.59 Å². The van der Waals surface area contributed by atoms with Gasteiger partial charge in [0, 0.05) is 11.1 Å². The van der Waals surface area contributed by atoms with Gasteiger partial charge in [0.15, 0.2) is 0 Å². The largest absolute Gasteiger partial charge is 0.276 e. The number of hydrogen-bond acceptors (Lipinski definition) is 2. The molecular weight excluding hydrogens is 247 g/mol. The summed E-state index contributed by atoms with van der Waals surface area (Å²) in [6.07, 6.45) is 0. The molecule has 0 unspecified atom stereocenters. The first-order chi connectivity index (χ1) is 7.25. The van der Waals surface area contributed by atoms with Gasteiger partial charge in [-0.05, 0) is 40.2 Å². The molecule has 16 heavy (non-hydrogen) atoms. The van der Waals surface area contributed by atoms with Crippen molar-refractivity contribution in [1.29, 1.82) is 0 Å². The molecule has 86 valence electrons. The van der Waals surface area contributed by atoms with E-state index in [1.807, 2.05) is 20.8 Å². The quantitative estimate of drug-likeness (QED) is 0.758. The summed E-state index contributed by atoms with van der Waals surface area (Å²) in [6.45, 7) is 5.82. The molecule has 1 aromatic carbocycles. The van der Waals surface area contributed by atoms with E-state index in [2.05, 4.69) is 0 Å². The monoisotopic (exact) mass is 258 g/mol. The van der Waals surface area contributed by atoms with E-state index in [0.717, 1.165) is 5.56 Å². The number of hydrogen-bond donors (Lipinski definition) is 0. The number of carbonyl (C=O) groups excluding carboxylic acids is 2. The van der Waals surface area contributed by atoms with Crippen LogP contribution in [0, 0.1) is 0 Å². The minimum Gasteiger partial charge on any atom is -0.276 e. The Bertz CT molecular complexity index is 445. The summed E-state index contributed by atoms with van der Waals surface area (Å²) in [4.78, 5) is 22.6. The Morgan fingerprint density at radius 1 is 1.06 bits per heavy atom. The summed E-state index contributed by atoms with van der Waals surface area (Å²) in [5.41, 5.74) is 0.812. The molecule has 4 heteroatoms. The van der Waals surface area contributed by atoms with Gasteiger partial charge in [-0.1, -0.05) is 32.9 Å². The first-order valence-electron chi connectivity index (χ1n) is 4.78. The third-order valence-electron chi connectivity index (χ3n) is 2.28. The lowest BCUT2D eigenvalue weighted by molar-refractivity contribution is 0.105. The molecule has 0 aliphatic heterocycles. The zero-order valence-electron chi connectivity index (χ0n) is 9.30. The van der Waals surface area contributed by atoms with Gasteiger partial charge in [0.2, 0.25) is 0 Å². The lowest BCUT2D eigenvalue weighted by Crippen LogP contribution is -2.17. The maximum Gasteiger partial charge on any atom is 0.253 e. The highest BCUT2D eigenvalue weighted by Gasteiger charge is 2.25. The van der Waals surface area contributed by atoms with Gasteiger partial charge < -0.3 is 0 Å². The Kier molecular flexibility index (Phi) is 3.76. The van der Waals surface area contributed by atoms with Crippen LogP contribution in [0.5, 0.6) is 0 Å². The van der Waals surface area contributed by atoms with Crippen molar-refractivity contribution in [1.82, 2.24) is 0 Å². The predicted molar refractivity (Wildman–Crippen MR) is 65.5 cm³/mol. The fraction of sp³-hybridized carbons (Fsp3) is 0.333. The predicted octanol–water partition coefficient (Wildman–Crippen LogP) is 3.74. The van der Waals surface area contributed by atoms with E-state index in [4.69, 9.17) is 23.2 Å². The molecule has 0 aliphatic rings. The number of carbonyl (C=O) groups is 2. The van der Waals surface area contributed by atoms with Crippen molar-refractivity contribution in [3.05, 3.63) is 34.9 Å². The molecule has 0 aliphatic carbocycles. The van der Waals surface area contributed by atoms with Crippen LogP contribution in [-0.4, -0.2) is 10.5 Å². The van der Waals surface area contributed by atoms with E-state index in [9.17, 15) is 9.59 Å². The molecule has 0 heterocycles. The first-order valence-corrected chi connectivity index (χ1v) is 5.54. The van der Waals surface area contributed by atoms with Gasteiger partial charge in [-0.25, -0.2) is 0 Å². The Labute approximate surface area is 105 Å². The zero-order chi connectivity index (χ0) is 12.5. The molecule has 0 spiro atoms. The van der Waals surface area contributed by atoms with Crippen LogP contribution < -0.4 is 0 Å². The van der Waals surface area contributed by atoms with Crippen LogP contribution in [0.15, 0.2) is 18.2 Å². The van der Waals surface area contributed by atoms with Crippen molar-refractivity contribution in [2.24, 2.45) is 0 Å². The summed E-state index contributed by atoms with van der Waals surface area (Å²) in [7, 11) is 0. The van der Waals surface area contributed by atoms with E-state index in [1.165, 1.54) is 6.07 Å². The van der Waals surface area contributed by atoms with Gasteiger partial charge in [-0.15, -0.1) is 0 Å². The Balaban J connectivity index is 3.58. The number of benzene rings is 1. The van der Waals surface area contributed by atoms with Crippen LogP contribution in [0.25, 0.3) is 0 Å². The highest BCUT2D eigenvalue weighted by Crippen LogP contribution is 2.29. The smallest absolute Gasteiger partial charge is 0.253 e. The molecule has 0 atom stereocenters. The minimum absolute atomic E-state index is 0.161. The third kappa shape index (κ3) is 2.63. The van der Waals surface area contributed by atoms with Crippen LogP contribution in [0.4, 0.5) is 0 Å².